The number of urea groups is 1. The summed E-state index contributed by atoms with van der Waals surface area (Å²) in [6, 6.07) is 10.2. The van der Waals surface area contributed by atoms with Gasteiger partial charge in [-0.3, -0.25) is 15.3 Å². The highest BCUT2D eigenvalue weighted by Gasteiger charge is 2.12. The number of anilines is 3. The molecule has 0 aliphatic heterocycles. The van der Waals surface area contributed by atoms with Gasteiger partial charge in [0.15, 0.2) is 0 Å². The van der Waals surface area contributed by atoms with Crippen molar-refractivity contribution in [2.75, 3.05) is 10.6 Å². The van der Waals surface area contributed by atoms with Crippen LogP contribution in [-0.4, -0.2) is 27.2 Å². The summed E-state index contributed by atoms with van der Waals surface area (Å²) in [5.74, 6) is 0.348. The lowest BCUT2D eigenvalue weighted by Gasteiger charge is -2.15. The normalized spacial score (nSPS) is 11.4. The average Bonchev–Trinajstić information content (AvgIpc) is 2.69. The van der Waals surface area contributed by atoms with Crippen LogP contribution < -0.4 is 16.0 Å². The molecule has 2 amide bonds. The number of hydrogen-bond donors (Lipinski definition) is 4. The Bertz CT molecular complexity index is 975. The molecular formula is C20H21N7O. The summed E-state index contributed by atoms with van der Waals surface area (Å²) < 4.78 is 0. The number of carbonyl (C=O) groups is 1. The number of rotatable bonds is 6. The number of nitrogens with one attached hydrogen (secondary N) is 4. The Labute approximate surface area is 163 Å². The lowest BCUT2D eigenvalue weighted by Crippen LogP contribution is -2.31. The first-order chi connectivity index (χ1) is 13.5. The van der Waals surface area contributed by atoms with Crippen LogP contribution in [0.4, 0.5) is 22.0 Å². The lowest BCUT2D eigenvalue weighted by molar-refractivity contribution is 0.249. The molecular weight excluding hydrogens is 354 g/mol. The minimum absolute atomic E-state index is 0.251. The van der Waals surface area contributed by atoms with E-state index in [2.05, 4.69) is 30.9 Å². The van der Waals surface area contributed by atoms with E-state index in [1.165, 1.54) is 6.21 Å². The van der Waals surface area contributed by atoms with E-state index in [1.54, 1.807) is 24.7 Å². The SMILES string of the molecule is Cc1cc(Nc2cnc(NC(=O)N[C@@H](C)c3ccccn3)cc2C=N)ccn1. The van der Waals surface area contributed by atoms with Crippen LogP contribution in [-0.2, 0) is 0 Å². The molecule has 142 valence electrons. The Morgan fingerprint density at radius 2 is 2.00 bits per heavy atom. The highest BCUT2D eigenvalue weighted by Crippen LogP contribution is 2.21. The van der Waals surface area contributed by atoms with Gasteiger partial charge in [0.1, 0.15) is 5.82 Å². The Morgan fingerprint density at radius 1 is 1.14 bits per heavy atom. The third-order valence-electron chi connectivity index (χ3n) is 3.99. The Kier molecular flexibility index (Phi) is 5.91. The Morgan fingerprint density at radius 3 is 2.71 bits per heavy atom. The largest absolute Gasteiger partial charge is 0.354 e. The van der Waals surface area contributed by atoms with Crippen molar-refractivity contribution in [1.29, 1.82) is 5.41 Å². The van der Waals surface area contributed by atoms with Crippen LogP contribution in [0, 0.1) is 12.3 Å². The molecule has 3 aromatic heterocycles. The summed E-state index contributed by atoms with van der Waals surface area (Å²) >= 11 is 0. The van der Waals surface area contributed by atoms with Crippen molar-refractivity contribution in [2.24, 2.45) is 0 Å². The molecule has 4 N–H and O–H groups in total. The standard InChI is InChI=1S/C20H21N7O/c1-13-9-16(6-8-22-13)26-18-12-24-19(10-15(18)11-21)27-20(28)25-14(2)17-5-3-4-7-23-17/h3-12,14,21H,1-2H3,(H,22,26)(H2,24,25,27,28)/t14-/m0/s1. The van der Waals surface area contributed by atoms with Crippen molar-refractivity contribution >= 4 is 29.4 Å². The van der Waals surface area contributed by atoms with Crippen LogP contribution >= 0.6 is 0 Å². The first kappa shape index (κ1) is 19.0. The van der Waals surface area contributed by atoms with Gasteiger partial charge in [-0.05, 0) is 44.2 Å². The minimum Gasteiger partial charge on any atom is -0.354 e. The molecule has 1 atom stereocenters. The summed E-state index contributed by atoms with van der Waals surface area (Å²) in [5, 5.41) is 16.4. The zero-order valence-corrected chi connectivity index (χ0v) is 15.6. The second kappa shape index (κ2) is 8.72. The molecule has 3 rings (SSSR count). The van der Waals surface area contributed by atoms with Gasteiger partial charge in [-0.1, -0.05) is 6.07 Å². The fourth-order valence-corrected chi connectivity index (χ4v) is 2.60. The van der Waals surface area contributed by atoms with Crippen molar-refractivity contribution in [3.8, 4) is 0 Å². The van der Waals surface area contributed by atoms with E-state index in [4.69, 9.17) is 5.41 Å². The second-order valence-corrected chi connectivity index (χ2v) is 6.19. The minimum atomic E-state index is -0.396. The number of carbonyl (C=O) groups excluding carboxylic acids is 1. The van der Waals surface area contributed by atoms with Crippen molar-refractivity contribution in [1.82, 2.24) is 20.3 Å². The van der Waals surface area contributed by atoms with E-state index in [0.717, 1.165) is 17.1 Å². The van der Waals surface area contributed by atoms with Crippen LogP contribution in [0.2, 0.25) is 0 Å². The maximum absolute atomic E-state index is 12.2. The molecule has 8 nitrogen and oxygen atoms in total. The predicted octanol–water partition coefficient (Wildman–Crippen LogP) is 3.80. The molecule has 3 aromatic rings. The predicted molar refractivity (Wildman–Crippen MR) is 109 cm³/mol. The molecule has 0 fully saturated rings. The van der Waals surface area contributed by atoms with Gasteiger partial charge in [0, 0.05) is 35.6 Å². The van der Waals surface area contributed by atoms with Crippen LogP contribution in [0.1, 0.15) is 29.9 Å². The number of aryl methyl sites for hydroxylation is 1. The van der Waals surface area contributed by atoms with E-state index in [9.17, 15) is 4.79 Å². The van der Waals surface area contributed by atoms with E-state index in [0.29, 0.717) is 17.1 Å². The van der Waals surface area contributed by atoms with E-state index in [-0.39, 0.29) is 6.04 Å². The quantitative estimate of drug-likeness (QED) is 0.489. The monoisotopic (exact) mass is 375 g/mol. The molecule has 0 saturated carbocycles. The molecule has 0 saturated heterocycles. The second-order valence-electron chi connectivity index (χ2n) is 6.19. The van der Waals surface area contributed by atoms with Gasteiger partial charge in [0.2, 0.25) is 0 Å². The summed E-state index contributed by atoms with van der Waals surface area (Å²) in [6.07, 6.45) is 6.17. The van der Waals surface area contributed by atoms with Gasteiger partial charge in [-0.15, -0.1) is 0 Å². The van der Waals surface area contributed by atoms with Crippen molar-refractivity contribution < 1.29 is 4.79 Å². The Hall–Kier alpha value is -3.81. The van der Waals surface area contributed by atoms with Crippen LogP contribution in [0.25, 0.3) is 0 Å². The number of amides is 2. The molecule has 0 aliphatic rings. The van der Waals surface area contributed by atoms with Crippen molar-refractivity contribution in [3.63, 3.8) is 0 Å². The van der Waals surface area contributed by atoms with Gasteiger partial charge in [-0.2, -0.15) is 0 Å². The van der Waals surface area contributed by atoms with Crippen LogP contribution in [0.15, 0.2) is 55.0 Å². The third kappa shape index (κ3) is 4.88. The summed E-state index contributed by atoms with van der Waals surface area (Å²) in [5.41, 5.74) is 3.75. The maximum Gasteiger partial charge on any atom is 0.320 e. The molecule has 0 aromatic carbocycles. The Balaban J connectivity index is 1.67. The van der Waals surface area contributed by atoms with Crippen molar-refractivity contribution in [3.05, 3.63) is 71.9 Å². The molecule has 0 aliphatic carbocycles. The van der Waals surface area contributed by atoms with Gasteiger partial charge in [-0.25, -0.2) is 9.78 Å². The molecule has 3 heterocycles. The molecule has 0 bridgehead atoms. The number of hydrogen-bond acceptors (Lipinski definition) is 6. The highest BCUT2D eigenvalue weighted by molar-refractivity contribution is 5.92. The number of nitrogens with zero attached hydrogens (tertiary/aromatic N) is 3. The fraction of sp³-hybridized carbons (Fsp3) is 0.150. The molecule has 28 heavy (non-hydrogen) atoms. The first-order valence-corrected chi connectivity index (χ1v) is 8.74. The zero-order chi connectivity index (χ0) is 19.9. The summed E-state index contributed by atoms with van der Waals surface area (Å²) in [4.78, 5) is 24.9. The fourth-order valence-electron chi connectivity index (χ4n) is 2.60. The van der Waals surface area contributed by atoms with E-state index >= 15 is 0 Å². The van der Waals surface area contributed by atoms with Crippen LogP contribution in [0.5, 0.6) is 0 Å². The highest BCUT2D eigenvalue weighted by atomic mass is 16.2. The molecule has 0 radical (unpaired) electrons. The topological polar surface area (TPSA) is 116 Å². The summed E-state index contributed by atoms with van der Waals surface area (Å²) in [6.45, 7) is 3.75. The summed E-state index contributed by atoms with van der Waals surface area (Å²) in [7, 11) is 0. The van der Waals surface area contributed by atoms with Crippen molar-refractivity contribution in [2.45, 2.75) is 19.9 Å². The number of pyridine rings is 3. The lowest BCUT2D eigenvalue weighted by atomic mass is 10.2. The average molecular weight is 375 g/mol. The van der Waals surface area contributed by atoms with E-state index < -0.39 is 6.03 Å². The third-order valence-corrected chi connectivity index (χ3v) is 3.99. The van der Waals surface area contributed by atoms with E-state index in [1.807, 2.05) is 44.2 Å². The first-order valence-electron chi connectivity index (χ1n) is 8.74. The zero-order valence-electron chi connectivity index (χ0n) is 15.6. The molecule has 0 spiro atoms. The van der Waals surface area contributed by atoms with Gasteiger partial charge in [0.05, 0.1) is 23.6 Å². The van der Waals surface area contributed by atoms with Crippen LogP contribution in [0.3, 0.4) is 0 Å². The molecule has 0 unspecified atom stereocenters. The number of aromatic nitrogens is 3. The van der Waals surface area contributed by atoms with Gasteiger partial charge in [0.25, 0.3) is 0 Å². The smallest absolute Gasteiger partial charge is 0.320 e. The molecule has 8 heteroatoms. The van der Waals surface area contributed by atoms with Gasteiger partial charge < -0.3 is 16.0 Å². The van der Waals surface area contributed by atoms with Gasteiger partial charge >= 0.3 is 6.03 Å². The maximum atomic E-state index is 12.2.